The van der Waals surface area contributed by atoms with Crippen LogP contribution in [0.5, 0.6) is 0 Å². The Labute approximate surface area is 98.9 Å². The van der Waals surface area contributed by atoms with Gasteiger partial charge in [0.05, 0.1) is 0 Å². The number of aromatic nitrogens is 1. The second kappa shape index (κ2) is 7.09. The van der Waals surface area contributed by atoms with Crippen molar-refractivity contribution in [2.75, 3.05) is 29.9 Å². The third kappa shape index (κ3) is 3.72. The van der Waals surface area contributed by atoms with E-state index in [1.54, 1.807) is 0 Å². The SMILES string of the molecule is CCCNc1cccc(N(CC)CCC)n1. The first-order chi connectivity index (χ1) is 7.81. The molecule has 16 heavy (non-hydrogen) atoms. The van der Waals surface area contributed by atoms with E-state index in [2.05, 4.69) is 48.1 Å². The van der Waals surface area contributed by atoms with Gasteiger partial charge >= 0.3 is 0 Å². The molecule has 1 aromatic heterocycles. The third-order valence-corrected chi connectivity index (χ3v) is 2.49. The van der Waals surface area contributed by atoms with E-state index in [4.69, 9.17) is 0 Å². The first-order valence-electron chi connectivity index (χ1n) is 6.27. The van der Waals surface area contributed by atoms with E-state index in [1.165, 1.54) is 0 Å². The van der Waals surface area contributed by atoms with Gasteiger partial charge < -0.3 is 10.2 Å². The van der Waals surface area contributed by atoms with Crippen molar-refractivity contribution in [3.63, 3.8) is 0 Å². The average Bonchev–Trinajstić information content (AvgIpc) is 2.33. The molecule has 0 unspecified atom stereocenters. The van der Waals surface area contributed by atoms with Gasteiger partial charge in [0.2, 0.25) is 0 Å². The van der Waals surface area contributed by atoms with Crippen LogP contribution in [-0.4, -0.2) is 24.6 Å². The van der Waals surface area contributed by atoms with E-state index in [1.807, 2.05) is 6.07 Å². The Kier molecular flexibility index (Phi) is 5.68. The summed E-state index contributed by atoms with van der Waals surface area (Å²) in [6.07, 6.45) is 2.28. The van der Waals surface area contributed by atoms with E-state index in [-0.39, 0.29) is 0 Å². The minimum atomic E-state index is 0.980. The summed E-state index contributed by atoms with van der Waals surface area (Å²) in [5.41, 5.74) is 0. The Morgan fingerprint density at radius 3 is 2.62 bits per heavy atom. The van der Waals surface area contributed by atoms with Crippen molar-refractivity contribution in [2.45, 2.75) is 33.6 Å². The molecule has 0 bridgehead atoms. The summed E-state index contributed by atoms with van der Waals surface area (Å²) in [7, 11) is 0. The fourth-order valence-corrected chi connectivity index (χ4v) is 1.66. The van der Waals surface area contributed by atoms with Crippen LogP contribution in [0, 0.1) is 0 Å². The van der Waals surface area contributed by atoms with Crippen molar-refractivity contribution in [2.24, 2.45) is 0 Å². The van der Waals surface area contributed by atoms with Crippen LogP contribution in [0.4, 0.5) is 11.6 Å². The number of pyridine rings is 1. The highest BCUT2D eigenvalue weighted by atomic mass is 15.2. The molecule has 0 aliphatic heterocycles. The van der Waals surface area contributed by atoms with Gasteiger partial charge in [-0.2, -0.15) is 0 Å². The first kappa shape index (κ1) is 12.8. The van der Waals surface area contributed by atoms with Crippen LogP contribution in [0.3, 0.4) is 0 Å². The molecule has 1 heterocycles. The van der Waals surface area contributed by atoms with Crippen molar-refractivity contribution in [3.8, 4) is 0 Å². The van der Waals surface area contributed by atoms with Gasteiger partial charge in [0, 0.05) is 19.6 Å². The van der Waals surface area contributed by atoms with E-state index in [9.17, 15) is 0 Å². The fourth-order valence-electron chi connectivity index (χ4n) is 1.66. The van der Waals surface area contributed by atoms with E-state index in [0.717, 1.165) is 44.1 Å². The maximum atomic E-state index is 4.61. The molecule has 0 aromatic carbocycles. The zero-order valence-corrected chi connectivity index (χ0v) is 10.7. The van der Waals surface area contributed by atoms with Crippen LogP contribution in [0.1, 0.15) is 33.6 Å². The second-order valence-corrected chi connectivity index (χ2v) is 3.89. The van der Waals surface area contributed by atoms with Gasteiger partial charge in [-0.25, -0.2) is 4.98 Å². The highest BCUT2D eigenvalue weighted by molar-refractivity contribution is 5.46. The van der Waals surface area contributed by atoms with Crippen molar-refractivity contribution in [1.82, 2.24) is 4.98 Å². The van der Waals surface area contributed by atoms with E-state index >= 15 is 0 Å². The largest absolute Gasteiger partial charge is 0.370 e. The van der Waals surface area contributed by atoms with E-state index < -0.39 is 0 Å². The number of anilines is 2. The lowest BCUT2D eigenvalue weighted by molar-refractivity contribution is 0.778. The molecule has 0 aliphatic rings. The Morgan fingerprint density at radius 2 is 2.00 bits per heavy atom. The fraction of sp³-hybridized carbons (Fsp3) is 0.615. The monoisotopic (exact) mass is 221 g/mol. The van der Waals surface area contributed by atoms with Gasteiger partial charge in [-0.15, -0.1) is 0 Å². The van der Waals surface area contributed by atoms with Gasteiger partial charge in [-0.1, -0.05) is 19.9 Å². The second-order valence-electron chi connectivity index (χ2n) is 3.89. The average molecular weight is 221 g/mol. The molecule has 0 saturated carbocycles. The summed E-state index contributed by atoms with van der Waals surface area (Å²) in [6.45, 7) is 9.59. The maximum Gasteiger partial charge on any atom is 0.130 e. The summed E-state index contributed by atoms with van der Waals surface area (Å²) < 4.78 is 0. The van der Waals surface area contributed by atoms with Crippen LogP contribution in [0.2, 0.25) is 0 Å². The molecule has 0 atom stereocenters. The Bertz CT molecular complexity index is 299. The molecular weight excluding hydrogens is 198 g/mol. The third-order valence-electron chi connectivity index (χ3n) is 2.49. The zero-order chi connectivity index (χ0) is 11.8. The summed E-state index contributed by atoms with van der Waals surface area (Å²) in [5.74, 6) is 2.05. The van der Waals surface area contributed by atoms with E-state index in [0.29, 0.717) is 0 Å². The minimum absolute atomic E-state index is 0.980. The maximum absolute atomic E-state index is 4.61. The quantitative estimate of drug-likeness (QED) is 0.766. The van der Waals surface area contributed by atoms with Crippen LogP contribution in [0.25, 0.3) is 0 Å². The normalized spacial score (nSPS) is 10.2. The van der Waals surface area contributed by atoms with Gasteiger partial charge in [0.1, 0.15) is 11.6 Å². The molecule has 3 heteroatoms. The topological polar surface area (TPSA) is 28.2 Å². The van der Waals surface area contributed by atoms with Gasteiger partial charge in [0.15, 0.2) is 0 Å². The Morgan fingerprint density at radius 1 is 1.19 bits per heavy atom. The van der Waals surface area contributed by atoms with Crippen LogP contribution in [-0.2, 0) is 0 Å². The number of nitrogens with one attached hydrogen (secondary N) is 1. The number of rotatable bonds is 7. The van der Waals surface area contributed by atoms with Crippen molar-refractivity contribution < 1.29 is 0 Å². The molecule has 3 nitrogen and oxygen atoms in total. The lowest BCUT2D eigenvalue weighted by Crippen LogP contribution is -2.24. The molecule has 0 spiro atoms. The zero-order valence-electron chi connectivity index (χ0n) is 10.7. The summed E-state index contributed by atoms with van der Waals surface area (Å²) in [6, 6.07) is 6.17. The number of nitrogens with zero attached hydrogens (tertiary/aromatic N) is 2. The molecule has 90 valence electrons. The molecule has 0 aliphatic carbocycles. The molecule has 1 N–H and O–H groups in total. The Hall–Kier alpha value is -1.25. The highest BCUT2D eigenvalue weighted by Gasteiger charge is 2.04. The van der Waals surface area contributed by atoms with Crippen molar-refractivity contribution in [1.29, 1.82) is 0 Å². The number of hydrogen-bond donors (Lipinski definition) is 1. The smallest absolute Gasteiger partial charge is 0.130 e. The molecule has 0 amide bonds. The lowest BCUT2D eigenvalue weighted by Gasteiger charge is -2.21. The van der Waals surface area contributed by atoms with Crippen LogP contribution in [0.15, 0.2) is 18.2 Å². The standard InChI is InChI=1S/C13H23N3/c1-4-10-14-12-8-7-9-13(15-12)16(6-3)11-5-2/h7-9H,4-6,10-11H2,1-3H3,(H,14,15). The highest BCUT2D eigenvalue weighted by Crippen LogP contribution is 2.14. The summed E-state index contributed by atoms with van der Waals surface area (Å²) in [5, 5.41) is 3.32. The summed E-state index contributed by atoms with van der Waals surface area (Å²) >= 11 is 0. The molecule has 0 saturated heterocycles. The van der Waals surface area contributed by atoms with Crippen LogP contribution < -0.4 is 10.2 Å². The molecular formula is C13H23N3. The molecule has 0 fully saturated rings. The minimum Gasteiger partial charge on any atom is -0.370 e. The lowest BCUT2D eigenvalue weighted by atomic mass is 10.3. The number of hydrogen-bond acceptors (Lipinski definition) is 3. The summed E-state index contributed by atoms with van der Waals surface area (Å²) in [4.78, 5) is 6.92. The molecule has 1 aromatic rings. The Balaban J connectivity index is 2.71. The van der Waals surface area contributed by atoms with Crippen LogP contribution >= 0.6 is 0 Å². The van der Waals surface area contributed by atoms with Gasteiger partial charge in [-0.3, -0.25) is 0 Å². The first-order valence-corrected chi connectivity index (χ1v) is 6.27. The predicted molar refractivity (Wildman–Crippen MR) is 71.2 cm³/mol. The van der Waals surface area contributed by atoms with Crippen molar-refractivity contribution in [3.05, 3.63) is 18.2 Å². The predicted octanol–water partition coefficient (Wildman–Crippen LogP) is 3.14. The molecule has 1 rings (SSSR count). The molecule has 0 radical (unpaired) electrons. The van der Waals surface area contributed by atoms with Crippen molar-refractivity contribution >= 4 is 11.6 Å². The van der Waals surface area contributed by atoms with Gasteiger partial charge in [0.25, 0.3) is 0 Å². The van der Waals surface area contributed by atoms with Gasteiger partial charge in [-0.05, 0) is 31.9 Å².